The number of nitrogens with zero attached hydrogens (tertiary/aromatic N) is 1. The second-order valence-corrected chi connectivity index (χ2v) is 7.37. The van der Waals surface area contributed by atoms with Gasteiger partial charge in [0.15, 0.2) is 0 Å². The summed E-state index contributed by atoms with van der Waals surface area (Å²) < 4.78 is 68.8. The van der Waals surface area contributed by atoms with Gasteiger partial charge in [-0.2, -0.15) is 0 Å². The van der Waals surface area contributed by atoms with E-state index in [1.807, 2.05) is 66.7 Å². The van der Waals surface area contributed by atoms with Gasteiger partial charge < -0.3 is 9.88 Å². The Labute approximate surface area is 198 Å². The minimum Gasteiger partial charge on any atom is -0.355 e. The highest BCUT2D eigenvalue weighted by Gasteiger charge is 2.11. The van der Waals surface area contributed by atoms with Crippen LogP contribution in [0, 0.1) is 0 Å². The summed E-state index contributed by atoms with van der Waals surface area (Å²) in [5, 5.41) is 3.56. The van der Waals surface area contributed by atoms with Crippen molar-refractivity contribution in [3.8, 4) is 16.8 Å². The highest BCUT2D eigenvalue weighted by atomic mass is 15.0. The van der Waals surface area contributed by atoms with Crippen molar-refractivity contribution in [2.24, 2.45) is 0 Å². The van der Waals surface area contributed by atoms with Gasteiger partial charge in [-0.3, -0.25) is 0 Å². The molecule has 0 fully saturated rings. The number of para-hydroxylation sites is 3. The Balaban J connectivity index is 1.55. The molecule has 6 rings (SSSR count). The maximum atomic E-state index is 8.65. The fraction of sp³-hybridized carbons (Fsp3) is 0. The van der Waals surface area contributed by atoms with Gasteiger partial charge in [-0.1, -0.05) is 84.8 Å². The summed E-state index contributed by atoms with van der Waals surface area (Å²) in [5.41, 5.74) is 4.47. The average molecular weight is 419 g/mol. The third-order valence-corrected chi connectivity index (χ3v) is 5.45. The van der Waals surface area contributed by atoms with Crippen molar-refractivity contribution in [2.75, 3.05) is 5.32 Å². The van der Waals surface area contributed by atoms with E-state index >= 15 is 0 Å². The lowest BCUT2D eigenvalue weighted by atomic mass is 10.0. The largest absolute Gasteiger partial charge is 0.355 e. The van der Waals surface area contributed by atoms with Gasteiger partial charge in [0, 0.05) is 33.4 Å². The summed E-state index contributed by atoms with van der Waals surface area (Å²) >= 11 is 0. The highest BCUT2D eigenvalue weighted by molar-refractivity contribution is 6.09. The standard InChI is InChI=1S/C30H22N2/c1-2-10-22(11-3-1)25-12-4-7-15-28(25)31-23-18-20-24(21-19-23)32-29-16-8-5-13-26(29)27-14-6-9-17-30(27)32/h1-21,31H/i5D,6D,8D,9D,13D,14D,16D,17D. The molecule has 0 radical (unpaired) electrons. The molecule has 0 unspecified atom stereocenters. The van der Waals surface area contributed by atoms with Gasteiger partial charge in [-0.15, -0.1) is 0 Å². The first-order valence-corrected chi connectivity index (χ1v) is 10.2. The molecule has 1 aromatic heterocycles. The van der Waals surface area contributed by atoms with E-state index in [-0.39, 0.29) is 46.0 Å². The molecular weight excluding hydrogens is 388 g/mol. The second-order valence-electron chi connectivity index (χ2n) is 7.37. The zero-order chi connectivity index (χ0) is 28.3. The van der Waals surface area contributed by atoms with Crippen molar-refractivity contribution in [2.45, 2.75) is 0 Å². The number of fused-ring (bicyclic) bond motifs is 3. The predicted octanol–water partition coefficient (Wildman–Crippen LogP) is 8.19. The van der Waals surface area contributed by atoms with E-state index in [9.17, 15) is 0 Å². The van der Waals surface area contributed by atoms with Crippen LogP contribution >= 0.6 is 0 Å². The molecule has 0 aliphatic rings. The molecule has 152 valence electrons. The van der Waals surface area contributed by atoms with E-state index in [1.54, 1.807) is 12.1 Å². The predicted molar refractivity (Wildman–Crippen MR) is 136 cm³/mol. The zero-order valence-electron chi connectivity index (χ0n) is 25.0. The van der Waals surface area contributed by atoms with E-state index in [1.165, 1.54) is 4.57 Å². The van der Waals surface area contributed by atoms with Crippen molar-refractivity contribution in [3.63, 3.8) is 0 Å². The van der Waals surface area contributed by atoms with Gasteiger partial charge in [0.25, 0.3) is 0 Å². The molecule has 0 amide bonds. The molecular formula is C30H22N2. The van der Waals surface area contributed by atoms with Gasteiger partial charge in [-0.25, -0.2) is 0 Å². The molecule has 0 saturated heterocycles. The second kappa shape index (κ2) is 7.75. The Kier molecular flexibility index (Phi) is 2.89. The SMILES string of the molecule is [2H]c1c([2H])c([2H])c2c(c1[2H])c1c([2H])c([2H])c([2H])c([2H])c1n2-c1ccc(Nc2ccccc2-c2ccccc2)cc1. The van der Waals surface area contributed by atoms with Gasteiger partial charge >= 0.3 is 0 Å². The molecule has 0 saturated carbocycles. The number of rotatable bonds is 4. The first-order valence-electron chi connectivity index (χ1n) is 14.2. The molecule has 5 aromatic carbocycles. The van der Waals surface area contributed by atoms with E-state index in [2.05, 4.69) is 5.32 Å². The van der Waals surface area contributed by atoms with Gasteiger partial charge in [0.2, 0.25) is 0 Å². The van der Waals surface area contributed by atoms with Crippen LogP contribution in [0.3, 0.4) is 0 Å². The minimum absolute atomic E-state index is 0.0620. The Morgan fingerprint density at radius 1 is 0.594 bits per heavy atom. The molecule has 0 atom stereocenters. The molecule has 0 aliphatic heterocycles. The average Bonchev–Trinajstić information content (AvgIpc) is 3.34. The van der Waals surface area contributed by atoms with Crippen molar-refractivity contribution in [1.29, 1.82) is 0 Å². The molecule has 2 nitrogen and oxygen atoms in total. The van der Waals surface area contributed by atoms with Crippen molar-refractivity contribution < 1.29 is 11.0 Å². The number of hydrogen-bond acceptors (Lipinski definition) is 1. The molecule has 6 aromatic rings. The number of aromatic nitrogens is 1. The molecule has 32 heavy (non-hydrogen) atoms. The van der Waals surface area contributed by atoms with Crippen LogP contribution in [0.15, 0.2) is 127 Å². The lowest BCUT2D eigenvalue weighted by Gasteiger charge is -2.14. The Hall–Kier alpha value is -4.30. The van der Waals surface area contributed by atoms with Crippen LogP contribution in [0.2, 0.25) is 0 Å². The summed E-state index contributed by atoms with van der Waals surface area (Å²) in [4.78, 5) is 0. The summed E-state index contributed by atoms with van der Waals surface area (Å²) in [6.45, 7) is 0. The molecule has 1 N–H and O–H groups in total. The van der Waals surface area contributed by atoms with E-state index < -0.39 is 24.2 Å². The molecule has 0 bridgehead atoms. The fourth-order valence-electron chi connectivity index (χ4n) is 3.99. The maximum absolute atomic E-state index is 8.65. The topological polar surface area (TPSA) is 17.0 Å². The van der Waals surface area contributed by atoms with Crippen LogP contribution < -0.4 is 5.32 Å². The van der Waals surface area contributed by atoms with Crippen molar-refractivity contribution in [3.05, 3.63) is 127 Å². The molecule has 0 aliphatic carbocycles. The van der Waals surface area contributed by atoms with E-state index in [0.717, 1.165) is 22.5 Å². The van der Waals surface area contributed by atoms with Crippen LogP contribution in [0.1, 0.15) is 11.0 Å². The third kappa shape index (κ3) is 3.14. The number of benzene rings is 5. The first-order chi connectivity index (χ1) is 19.2. The van der Waals surface area contributed by atoms with Gasteiger partial charge in [0.1, 0.15) is 0 Å². The quantitative estimate of drug-likeness (QED) is 0.305. The minimum atomic E-state index is -0.458. The van der Waals surface area contributed by atoms with E-state index in [4.69, 9.17) is 11.0 Å². The number of hydrogen-bond donors (Lipinski definition) is 1. The summed E-state index contributed by atoms with van der Waals surface area (Å²) in [5.74, 6) is 0. The van der Waals surface area contributed by atoms with Crippen LogP contribution in [0.4, 0.5) is 11.4 Å². The van der Waals surface area contributed by atoms with E-state index in [0.29, 0.717) is 5.69 Å². The molecule has 2 heteroatoms. The smallest absolute Gasteiger partial charge is 0.0645 e. The first kappa shape index (κ1) is 11.9. The van der Waals surface area contributed by atoms with Crippen LogP contribution in [-0.2, 0) is 0 Å². The summed E-state index contributed by atoms with van der Waals surface area (Å²) in [7, 11) is 0. The van der Waals surface area contributed by atoms with Crippen molar-refractivity contribution >= 4 is 33.2 Å². The Morgan fingerprint density at radius 3 is 1.88 bits per heavy atom. The lowest BCUT2D eigenvalue weighted by molar-refractivity contribution is 1.18. The Morgan fingerprint density at radius 2 is 1.19 bits per heavy atom. The van der Waals surface area contributed by atoms with Crippen molar-refractivity contribution in [1.82, 2.24) is 4.57 Å². The Bertz CT molecular complexity index is 1870. The van der Waals surface area contributed by atoms with Crippen LogP contribution in [-0.4, -0.2) is 4.57 Å². The normalized spacial score (nSPS) is 14.6. The van der Waals surface area contributed by atoms with Gasteiger partial charge in [0.05, 0.1) is 22.0 Å². The number of nitrogens with one attached hydrogen (secondary N) is 1. The molecule has 0 spiro atoms. The highest BCUT2D eigenvalue weighted by Crippen LogP contribution is 2.33. The number of anilines is 2. The summed E-state index contributed by atoms with van der Waals surface area (Å²) in [6, 6.07) is 22.0. The van der Waals surface area contributed by atoms with Gasteiger partial charge in [-0.05, 0) is 48.0 Å². The molecule has 1 heterocycles. The summed E-state index contributed by atoms with van der Waals surface area (Å²) in [6.07, 6.45) is 0. The maximum Gasteiger partial charge on any atom is 0.0645 e. The fourth-order valence-corrected chi connectivity index (χ4v) is 3.99. The zero-order valence-corrected chi connectivity index (χ0v) is 17.0. The monoisotopic (exact) mass is 418 g/mol. The van der Waals surface area contributed by atoms with Crippen LogP contribution in [0.25, 0.3) is 38.6 Å². The third-order valence-electron chi connectivity index (χ3n) is 5.45. The lowest BCUT2D eigenvalue weighted by Crippen LogP contribution is -1.96. The van der Waals surface area contributed by atoms with Crippen LogP contribution in [0.5, 0.6) is 0 Å².